The van der Waals surface area contributed by atoms with E-state index in [1.807, 2.05) is 48.5 Å². The van der Waals surface area contributed by atoms with Gasteiger partial charge in [0.1, 0.15) is 5.82 Å². The van der Waals surface area contributed by atoms with Crippen LogP contribution in [-0.4, -0.2) is 9.55 Å². The molecule has 1 heterocycles. The number of fused-ring (bicyclic) bond motifs is 1. The van der Waals surface area contributed by atoms with Gasteiger partial charge in [-0.2, -0.15) is 0 Å². The van der Waals surface area contributed by atoms with Gasteiger partial charge in [0, 0.05) is 17.8 Å². The van der Waals surface area contributed by atoms with E-state index in [0.29, 0.717) is 5.82 Å². The van der Waals surface area contributed by atoms with E-state index in [0.717, 1.165) is 16.6 Å². The van der Waals surface area contributed by atoms with Crippen LogP contribution >= 0.6 is 0 Å². The summed E-state index contributed by atoms with van der Waals surface area (Å²) in [5.74, 6) is 0.648. The molecule has 3 aromatic carbocycles. The van der Waals surface area contributed by atoms with Crippen LogP contribution in [0.3, 0.4) is 0 Å². The molecule has 0 aliphatic rings. The van der Waals surface area contributed by atoms with Gasteiger partial charge in [-0.25, -0.2) is 4.98 Å². The summed E-state index contributed by atoms with van der Waals surface area (Å²) < 4.78 is 1.64. The highest BCUT2D eigenvalue weighted by molar-refractivity contribution is 5.86. The predicted octanol–water partition coefficient (Wildman–Crippen LogP) is 4.05. The number of hydrogen-bond donors (Lipinski definition) is 0. The van der Waals surface area contributed by atoms with Gasteiger partial charge in [-0.3, -0.25) is 9.36 Å². The average Bonchev–Trinajstić information content (AvgIpc) is 2.62. The van der Waals surface area contributed by atoms with E-state index >= 15 is 0 Å². The molecule has 0 aliphatic heterocycles. The van der Waals surface area contributed by atoms with Gasteiger partial charge in [0.2, 0.25) is 0 Å². The Hall–Kier alpha value is -3.20. The van der Waals surface area contributed by atoms with Gasteiger partial charge in [0.05, 0.1) is 5.69 Å². The minimum atomic E-state index is -0.0886. The zero-order chi connectivity index (χ0) is 15.6. The molecular weight excluding hydrogens is 284 g/mol. The zero-order valence-electron chi connectivity index (χ0n) is 12.4. The Labute approximate surface area is 133 Å². The quantitative estimate of drug-likeness (QED) is 0.559. The number of aromatic nitrogens is 2. The second-order valence-corrected chi connectivity index (χ2v) is 5.34. The molecule has 0 bridgehead atoms. The Morgan fingerprint density at radius 1 is 0.739 bits per heavy atom. The molecule has 0 saturated heterocycles. The topological polar surface area (TPSA) is 34.9 Å². The average molecular weight is 298 g/mol. The van der Waals surface area contributed by atoms with Crippen LogP contribution in [0.15, 0.2) is 89.9 Å². The SMILES string of the molecule is O=c1ccnc(-c2ccc3ccccc3c2)n1-c1ccccc1. The van der Waals surface area contributed by atoms with Crippen LogP contribution in [-0.2, 0) is 0 Å². The standard InChI is InChI=1S/C20H14N2O/c23-19-12-13-21-20(22(19)18-8-2-1-3-9-18)17-11-10-15-6-4-5-7-16(15)14-17/h1-14H. The van der Waals surface area contributed by atoms with E-state index < -0.39 is 0 Å². The van der Waals surface area contributed by atoms with E-state index in [1.165, 1.54) is 11.5 Å². The van der Waals surface area contributed by atoms with Crippen molar-refractivity contribution in [3.05, 3.63) is 95.4 Å². The molecule has 0 N–H and O–H groups in total. The third-order valence-corrected chi connectivity index (χ3v) is 3.87. The summed E-state index contributed by atoms with van der Waals surface area (Å²) in [4.78, 5) is 16.9. The van der Waals surface area contributed by atoms with Crippen LogP contribution in [0, 0.1) is 0 Å². The van der Waals surface area contributed by atoms with Gasteiger partial charge in [-0.15, -0.1) is 0 Å². The third kappa shape index (κ3) is 2.42. The highest BCUT2D eigenvalue weighted by Gasteiger charge is 2.10. The number of rotatable bonds is 2. The molecule has 0 atom stereocenters. The van der Waals surface area contributed by atoms with Gasteiger partial charge < -0.3 is 0 Å². The molecule has 0 aliphatic carbocycles. The van der Waals surface area contributed by atoms with Crippen molar-refractivity contribution in [2.45, 2.75) is 0 Å². The van der Waals surface area contributed by atoms with Crippen molar-refractivity contribution < 1.29 is 0 Å². The molecule has 0 unspecified atom stereocenters. The summed E-state index contributed by atoms with van der Waals surface area (Å²) in [6, 6.07) is 25.3. The maximum absolute atomic E-state index is 12.4. The van der Waals surface area contributed by atoms with Crippen LogP contribution in [0.25, 0.3) is 27.8 Å². The summed E-state index contributed by atoms with van der Waals surface area (Å²) in [5.41, 5.74) is 1.65. The zero-order valence-corrected chi connectivity index (χ0v) is 12.4. The first-order valence-corrected chi connectivity index (χ1v) is 7.45. The Bertz CT molecular complexity index is 1040. The molecule has 23 heavy (non-hydrogen) atoms. The molecule has 110 valence electrons. The van der Waals surface area contributed by atoms with Gasteiger partial charge in [-0.05, 0) is 29.0 Å². The largest absolute Gasteiger partial charge is 0.269 e. The first-order chi connectivity index (χ1) is 11.3. The van der Waals surface area contributed by atoms with Gasteiger partial charge in [-0.1, -0.05) is 54.6 Å². The number of para-hydroxylation sites is 1. The molecule has 0 saturated carbocycles. The molecule has 0 amide bonds. The second-order valence-electron chi connectivity index (χ2n) is 5.34. The monoisotopic (exact) mass is 298 g/mol. The van der Waals surface area contributed by atoms with E-state index in [4.69, 9.17) is 0 Å². The lowest BCUT2D eigenvalue weighted by Gasteiger charge is -2.12. The molecule has 0 fully saturated rings. The van der Waals surface area contributed by atoms with Crippen molar-refractivity contribution in [1.82, 2.24) is 9.55 Å². The highest BCUT2D eigenvalue weighted by atomic mass is 16.1. The molecule has 4 aromatic rings. The lowest BCUT2D eigenvalue weighted by atomic mass is 10.1. The van der Waals surface area contributed by atoms with E-state index in [1.54, 1.807) is 10.8 Å². The summed E-state index contributed by atoms with van der Waals surface area (Å²) in [5, 5.41) is 2.29. The molecule has 1 aromatic heterocycles. The predicted molar refractivity (Wildman–Crippen MR) is 92.8 cm³/mol. The Morgan fingerprint density at radius 3 is 2.30 bits per heavy atom. The first-order valence-electron chi connectivity index (χ1n) is 7.45. The minimum Gasteiger partial charge on any atom is -0.269 e. The number of hydrogen-bond acceptors (Lipinski definition) is 2. The van der Waals surface area contributed by atoms with Crippen molar-refractivity contribution in [1.29, 1.82) is 0 Å². The van der Waals surface area contributed by atoms with Crippen molar-refractivity contribution in [3.63, 3.8) is 0 Å². The molecule has 4 rings (SSSR count). The summed E-state index contributed by atoms with van der Waals surface area (Å²) in [7, 11) is 0. The normalized spacial score (nSPS) is 10.8. The maximum Gasteiger partial charge on any atom is 0.258 e. The van der Waals surface area contributed by atoms with Gasteiger partial charge in [0.15, 0.2) is 0 Å². The fourth-order valence-corrected chi connectivity index (χ4v) is 2.77. The van der Waals surface area contributed by atoms with Crippen LogP contribution in [0.2, 0.25) is 0 Å². The number of nitrogens with zero attached hydrogens (tertiary/aromatic N) is 2. The van der Waals surface area contributed by atoms with Crippen LogP contribution in [0.1, 0.15) is 0 Å². The number of benzene rings is 3. The maximum atomic E-state index is 12.4. The second kappa shape index (κ2) is 5.54. The lowest BCUT2D eigenvalue weighted by molar-refractivity contribution is 0.949. The van der Waals surface area contributed by atoms with Crippen molar-refractivity contribution in [2.24, 2.45) is 0 Å². The lowest BCUT2D eigenvalue weighted by Crippen LogP contribution is -2.19. The van der Waals surface area contributed by atoms with E-state index in [9.17, 15) is 4.79 Å². The van der Waals surface area contributed by atoms with E-state index in [2.05, 4.69) is 29.2 Å². The van der Waals surface area contributed by atoms with Crippen molar-refractivity contribution in [3.8, 4) is 17.1 Å². The first kappa shape index (κ1) is 13.5. The van der Waals surface area contributed by atoms with Crippen LogP contribution < -0.4 is 5.56 Å². The van der Waals surface area contributed by atoms with E-state index in [-0.39, 0.29) is 5.56 Å². The fraction of sp³-hybridized carbons (Fsp3) is 0. The Kier molecular flexibility index (Phi) is 3.24. The van der Waals surface area contributed by atoms with Crippen LogP contribution in [0.5, 0.6) is 0 Å². The molecule has 0 spiro atoms. The summed E-state index contributed by atoms with van der Waals surface area (Å²) in [6.45, 7) is 0. The molecule has 0 radical (unpaired) electrons. The van der Waals surface area contributed by atoms with Crippen LogP contribution in [0.4, 0.5) is 0 Å². The Balaban J connectivity index is 1.98. The Morgan fingerprint density at radius 2 is 1.48 bits per heavy atom. The minimum absolute atomic E-state index is 0.0886. The summed E-state index contributed by atoms with van der Waals surface area (Å²) in [6.07, 6.45) is 1.56. The highest BCUT2D eigenvalue weighted by Crippen LogP contribution is 2.23. The van der Waals surface area contributed by atoms with Crippen molar-refractivity contribution >= 4 is 10.8 Å². The molecule has 3 heteroatoms. The molecule has 3 nitrogen and oxygen atoms in total. The van der Waals surface area contributed by atoms with Gasteiger partial charge in [0.25, 0.3) is 5.56 Å². The third-order valence-electron chi connectivity index (χ3n) is 3.87. The van der Waals surface area contributed by atoms with Crippen molar-refractivity contribution in [2.75, 3.05) is 0 Å². The molecular formula is C20H14N2O. The summed E-state index contributed by atoms with van der Waals surface area (Å²) >= 11 is 0. The van der Waals surface area contributed by atoms with Gasteiger partial charge >= 0.3 is 0 Å². The smallest absolute Gasteiger partial charge is 0.258 e. The fourth-order valence-electron chi connectivity index (χ4n) is 2.77.